The number of hydrogen-bond donors (Lipinski definition) is 1. The maximum Gasteiger partial charge on any atom is 0.200 e. The molecule has 0 saturated heterocycles. The van der Waals surface area contributed by atoms with Crippen molar-refractivity contribution < 1.29 is 8.81 Å². The van der Waals surface area contributed by atoms with Crippen LogP contribution in [0.1, 0.15) is 31.1 Å². The van der Waals surface area contributed by atoms with Crippen LogP contribution >= 0.6 is 11.6 Å². The van der Waals surface area contributed by atoms with E-state index in [0.717, 1.165) is 6.42 Å². The van der Waals surface area contributed by atoms with Crippen molar-refractivity contribution in [3.05, 3.63) is 28.9 Å². The fourth-order valence-corrected chi connectivity index (χ4v) is 4.06. The van der Waals surface area contributed by atoms with Crippen LogP contribution in [-0.2, 0) is 0 Å². The Bertz CT molecular complexity index is 654. The molecule has 2 N–H and O–H groups in total. The van der Waals surface area contributed by atoms with E-state index < -0.39 is 5.82 Å². The summed E-state index contributed by atoms with van der Waals surface area (Å²) >= 11 is 5.99. The van der Waals surface area contributed by atoms with Crippen LogP contribution in [0.25, 0.3) is 11.1 Å². The topological polar surface area (TPSA) is 52.0 Å². The van der Waals surface area contributed by atoms with Gasteiger partial charge in [-0.3, -0.25) is 0 Å². The largest absolute Gasteiger partial charge is 0.439 e. The third kappa shape index (κ3) is 1.63. The van der Waals surface area contributed by atoms with E-state index in [1.54, 1.807) is 0 Å². The Hall–Kier alpha value is -1.13. The van der Waals surface area contributed by atoms with Crippen molar-refractivity contribution in [1.29, 1.82) is 0 Å². The molecule has 2 fully saturated rings. The average molecular weight is 281 g/mol. The second-order valence-electron chi connectivity index (χ2n) is 5.72. The molecule has 2 aliphatic rings. The fourth-order valence-electron chi connectivity index (χ4n) is 3.82. The molecule has 4 rings (SSSR count). The quantitative estimate of drug-likeness (QED) is 0.870. The van der Waals surface area contributed by atoms with Gasteiger partial charge in [0.1, 0.15) is 11.3 Å². The lowest BCUT2D eigenvalue weighted by atomic mass is 9.85. The smallest absolute Gasteiger partial charge is 0.200 e. The summed E-state index contributed by atoms with van der Waals surface area (Å²) in [5.41, 5.74) is 7.23. The van der Waals surface area contributed by atoms with Crippen molar-refractivity contribution in [3.8, 4) is 0 Å². The highest BCUT2D eigenvalue weighted by Crippen LogP contribution is 2.52. The Balaban J connectivity index is 1.82. The first-order chi connectivity index (χ1) is 9.13. The zero-order valence-electron chi connectivity index (χ0n) is 10.3. The average Bonchev–Trinajstić information content (AvgIpc) is 3.01. The van der Waals surface area contributed by atoms with E-state index >= 15 is 0 Å². The summed E-state index contributed by atoms with van der Waals surface area (Å²) in [5.74, 6) is 1.52. The summed E-state index contributed by atoms with van der Waals surface area (Å²) < 4.78 is 19.1. The molecular weight excluding hydrogens is 267 g/mol. The second-order valence-corrected chi connectivity index (χ2v) is 6.13. The lowest BCUT2D eigenvalue weighted by molar-refractivity contribution is 0.317. The van der Waals surface area contributed by atoms with Gasteiger partial charge in [0.05, 0.1) is 10.9 Å². The molecule has 4 atom stereocenters. The summed E-state index contributed by atoms with van der Waals surface area (Å²) in [6.45, 7) is 0. The van der Waals surface area contributed by atoms with Crippen LogP contribution < -0.4 is 5.73 Å². The van der Waals surface area contributed by atoms with E-state index in [1.165, 1.54) is 25.0 Å². The summed E-state index contributed by atoms with van der Waals surface area (Å²) in [6.07, 6.45) is 3.55. The third-order valence-electron chi connectivity index (χ3n) is 4.69. The van der Waals surface area contributed by atoms with Gasteiger partial charge in [-0.05, 0) is 37.2 Å². The highest BCUT2D eigenvalue weighted by atomic mass is 35.5. The predicted molar refractivity (Wildman–Crippen MR) is 70.5 cm³/mol. The van der Waals surface area contributed by atoms with E-state index in [1.807, 2.05) is 0 Å². The molecule has 2 saturated carbocycles. The molecule has 0 aliphatic heterocycles. The minimum Gasteiger partial charge on any atom is -0.439 e. The Labute approximate surface area is 114 Å². The van der Waals surface area contributed by atoms with Crippen LogP contribution in [0.5, 0.6) is 0 Å². The molecule has 1 heterocycles. The summed E-state index contributed by atoms with van der Waals surface area (Å²) in [5, 5.41) is 0.269. The van der Waals surface area contributed by atoms with Crippen LogP contribution in [0.4, 0.5) is 4.39 Å². The van der Waals surface area contributed by atoms with Gasteiger partial charge in [-0.1, -0.05) is 11.6 Å². The van der Waals surface area contributed by atoms with Crippen molar-refractivity contribution in [2.75, 3.05) is 0 Å². The summed E-state index contributed by atoms with van der Waals surface area (Å²) in [7, 11) is 0. The lowest BCUT2D eigenvalue weighted by Crippen LogP contribution is -2.34. The first-order valence-corrected chi connectivity index (χ1v) is 7.02. The predicted octanol–water partition coefficient (Wildman–Crippen LogP) is 3.46. The van der Waals surface area contributed by atoms with Gasteiger partial charge in [-0.2, -0.15) is 0 Å². The van der Waals surface area contributed by atoms with Crippen LogP contribution in [0.2, 0.25) is 5.02 Å². The van der Waals surface area contributed by atoms with E-state index in [4.69, 9.17) is 21.8 Å². The number of nitrogens with two attached hydrogens (primary N) is 1. The van der Waals surface area contributed by atoms with Gasteiger partial charge in [0, 0.05) is 12.1 Å². The van der Waals surface area contributed by atoms with Gasteiger partial charge >= 0.3 is 0 Å². The molecule has 5 heteroatoms. The Morgan fingerprint density at radius 3 is 2.84 bits per heavy atom. The standard InChI is InChI=1S/C14H14ClFN2O/c15-9-4-8(16)5-10-13(9)19-14(18-10)11-6-1-2-7(3-6)12(11)17/h4-7,11-12H,1-3,17H2. The van der Waals surface area contributed by atoms with Gasteiger partial charge in [-0.15, -0.1) is 0 Å². The van der Waals surface area contributed by atoms with Crippen LogP contribution in [0.15, 0.2) is 16.5 Å². The number of aromatic nitrogens is 1. The summed E-state index contributed by atoms with van der Waals surface area (Å²) in [6, 6.07) is 2.71. The molecule has 3 nitrogen and oxygen atoms in total. The van der Waals surface area contributed by atoms with Gasteiger partial charge < -0.3 is 10.2 Å². The van der Waals surface area contributed by atoms with Gasteiger partial charge in [0.15, 0.2) is 5.58 Å². The number of nitrogens with zero attached hydrogens (tertiary/aromatic N) is 1. The molecule has 0 amide bonds. The second kappa shape index (κ2) is 3.93. The minimum atomic E-state index is -0.394. The number of benzene rings is 1. The first-order valence-electron chi connectivity index (χ1n) is 6.64. The summed E-state index contributed by atoms with van der Waals surface area (Å²) in [4.78, 5) is 4.41. The molecule has 1 aromatic heterocycles. The Morgan fingerprint density at radius 1 is 1.32 bits per heavy atom. The molecule has 2 bridgehead atoms. The van der Waals surface area contributed by atoms with E-state index in [-0.39, 0.29) is 17.0 Å². The molecule has 2 aliphatic carbocycles. The maximum atomic E-state index is 13.3. The SMILES string of the molecule is NC1C2CCC(C2)C1c1nc2cc(F)cc(Cl)c2o1. The lowest BCUT2D eigenvalue weighted by Gasteiger charge is -2.25. The zero-order valence-corrected chi connectivity index (χ0v) is 11.0. The van der Waals surface area contributed by atoms with E-state index in [0.29, 0.717) is 28.8 Å². The number of halogens is 2. The Morgan fingerprint density at radius 2 is 2.11 bits per heavy atom. The van der Waals surface area contributed by atoms with E-state index in [2.05, 4.69) is 4.98 Å². The van der Waals surface area contributed by atoms with Gasteiger partial charge in [0.25, 0.3) is 0 Å². The number of hydrogen-bond acceptors (Lipinski definition) is 3. The molecule has 4 unspecified atom stereocenters. The van der Waals surface area contributed by atoms with Crippen molar-refractivity contribution in [3.63, 3.8) is 0 Å². The van der Waals surface area contributed by atoms with Crippen molar-refractivity contribution in [2.45, 2.75) is 31.2 Å². The van der Waals surface area contributed by atoms with Crippen molar-refractivity contribution in [2.24, 2.45) is 17.6 Å². The van der Waals surface area contributed by atoms with Crippen molar-refractivity contribution in [1.82, 2.24) is 4.98 Å². The van der Waals surface area contributed by atoms with E-state index in [9.17, 15) is 4.39 Å². The molecule has 100 valence electrons. The monoisotopic (exact) mass is 280 g/mol. The molecule has 2 aromatic rings. The molecule has 0 spiro atoms. The molecule has 1 aromatic carbocycles. The third-order valence-corrected chi connectivity index (χ3v) is 4.97. The minimum absolute atomic E-state index is 0.107. The number of rotatable bonds is 1. The van der Waals surface area contributed by atoms with Crippen molar-refractivity contribution >= 4 is 22.7 Å². The highest BCUT2D eigenvalue weighted by molar-refractivity contribution is 6.34. The maximum absolute atomic E-state index is 13.3. The molecule has 0 radical (unpaired) electrons. The highest BCUT2D eigenvalue weighted by Gasteiger charge is 2.48. The van der Waals surface area contributed by atoms with Crippen LogP contribution in [-0.4, -0.2) is 11.0 Å². The van der Waals surface area contributed by atoms with Crippen LogP contribution in [0, 0.1) is 17.7 Å². The fraction of sp³-hybridized carbons (Fsp3) is 0.500. The van der Waals surface area contributed by atoms with Gasteiger partial charge in [-0.25, -0.2) is 9.37 Å². The van der Waals surface area contributed by atoms with Crippen LogP contribution in [0.3, 0.4) is 0 Å². The normalized spacial score (nSPS) is 33.4. The number of oxazole rings is 1. The Kier molecular flexibility index (Phi) is 2.42. The van der Waals surface area contributed by atoms with Gasteiger partial charge in [0.2, 0.25) is 5.89 Å². The number of fused-ring (bicyclic) bond motifs is 3. The molecular formula is C14H14ClFN2O. The first kappa shape index (κ1) is 11.7. The zero-order chi connectivity index (χ0) is 13.1. The molecule has 19 heavy (non-hydrogen) atoms.